The number of hydrogen-bond acceptors (Lipinski definition) is 2. The molecular weight excluding hydrogens is 186 g/mol. The predicted molar refractivity (Wildman–Crippen MR) is 65.1 cm³/mol. The van der Waals surface area contributed by atoms with E-state index in [1.165, 1.54) is 25.7 Å². The van der Waals surface area contributed by atoms with Gasteiger partial charge in [0.25, 0.3) is 0 Å². The zero-order valence-electron chi connectivity index (χ0n) is 10.6. The van der Waals surface area contributed by atoms with Gasteiger partial charge in [-0.15, -0.1) is 0 Å². The molecule has 2 unspecified atom stereocenters. The van der Waals surface area contributed by atoms with Crippen LogP contribution in [-0.2, 0) is 4.74 Å². The van der Waals surface area contributed by atoms with Crippen molar-refractivity contribution in [2.75, 3.05) is 26.3 Å². The van der Waals surface area contributed by atoms with Crippen LogP contribution in [0.15, 0.2) is 0 Å². The summed E-state index contributed by atoms with van der Waals surface area (Å²) in [5.41, 5.74) is 0.405. The van der Waals surface area contributed by atoms with Crippen molar-refractivity contribution in [3.05, 3.63) is 0 Å². The van der Waals surface area contributed by atoms with Gasteiger partial charge in [-0.2, -0.15) is 0 Å². The molecule has 1 aliphatic heterocycles. The van der Waals surface area contributed by atoms with Crippen LogP contribution in [0, 0.1) is 11.3 Å². The lowest BCUT2D eigenvalue weighted by Crippen LogP contribution is -2.45. The van der Waals surface area contributed by atoms with Gasteiger partial charge in [0.15, 0.2) is 0 Å². The minimum Gasteiger partial charge on any atom is -0.381 e. The molecule has 2 heteroatoms. The zero-order chi connectivity index (χ0) is 11.1. The van der Waals surface area contributed by atoms with Crippen LogP contribution in [0.25, 0.3) is 0 Å². The van der Waals surface area contributed by atoms with Gasteiger partial charge in [-0.3, -0.25) is 0 Å². The normalized spacial score (nSPS) is 29.0. The number of ether oxygens (including phenoxy) is 1. The molecule has 0 radical (unpaired) electrons. The number of hydrogen-bond donors (Lipinski definition) is 1. The summed E-state index contributed by atoms with van der Waals surface area (Å²) in [4.78, 5) is 0. The summed E-state index contributed by atoms with van der Waals surface area (Å²) in [5.74, 6) is 0.766. The Balaban J connectivity index is 2.50. The molecule has 2 nitrogen and oxygen atoms in total. The first-order valence-electron chi connectivity index (χ1n) is 6.53. The van der Waals surface area contributed by atoms with Crippen LogP contribution in [0.1, 0.15) is 46.5 Å². The molecule has 2 atom stereocenters. The van der Waals surface area contributed by atoms with Gasteiger partial charge in [0.2, 0.25) is 0 Å². The van der Waals surface area contributed by atoms with Crippen LogP contribution in [0.2, 0.25) is 0 Å². The third-order valence-corrected chi connectivity index (χ3v) is 3.91. The lowest BCUT2D eigenvalue weighted by molar-refractivity contribution is -0.0383. The maximum atomic E-state index is 5.70. The standard InChI is InChI=1S/C13H27NO/c1-4-8-14-10-13(12(3)5-2)7-6-9-15-11-13/h12,14H,4-11H2,1-3H3. The van der Waals surface area contributed by atoms with Gasteiger partial charge in [-0.05, 0) is 31.7 Å². The second kappa shape index (κ2) is 6.49. The molecule has 1 rings (SSSR count). The van der Waals surface area contributed by atoms with E-state index in [1.807, 2.05) is 0 Å². The van der Waals surface area contributed by atoms with E-state index in [0.29, 0.717) is 5.41 Å². The summed E-state index contributed by atoms with van der Waals surface area (Å²) in [5, 5.41) is 3.58. The van der Waals surface area contributed by atoms with E-state index in [0.717, 1.165) is 32.2 Å². The van der Waals surface area contributed by atoms with Crippen molar-refractivity contribution in [2.45, 2.75) is 46.5 Å². The molecule has 1 N–H and O–H groups in total. The fourth-order valence-electron chi connectivity index (χ4n) is 2.52. The monoisotopic (exact) mass is 213 g/mol. The third kappa shape index (κ3) is 3.46. The molecule has 1 saturated heterocycles. The average molecular weight is 213 g/mol. The van der Waals surface area contributed by atoms with Crippen molar-refractivity contribution in [3.63, 3.8) is 0 Å². The van der Waals surface area contributed by atoms with Crippen molar-refractivity contribution < 1.29 is 4.74 Å². The molecule has 0 spiro atoms. The zero-order valence-corrected chi connectivity index (χ0v) is 10.6. The van der Waals surface area contributed by atoms with E-state index >= 15 is 0 Å². The summed E-state index contributed by atoms with van der Waals surface area (Å²) in [6.07, 6.45) is 5.05. The highest BCUT2D eigenvalue weighted by Crippen LogP contribution is 2.37. The fraction of sp³-hybridized carbons (Fsp3) is 1.00. The third-order valence-electron chi connectivity index (χ3n) is 3.91. The Hall–Kier alpha value is -0.0800. The Bertz CT molecular complexity index is 164. The molecular formula is C13H27NO. The molecule has 1 fully saturated rings. The smallest absolute Gasteiger partial charge is 0.0537 e. The molecule has 0 aromatic carbocycles. The summed E-state index contributed by atoms with van der Waals surface area (Å²) in [6.45, 7) is 11.1. The first-order valence-corrected chi connectivity index (χ1v) is 6.53. The Morgan fingerprint density at radius 2 is 2.20 bits per heavy atom. The quantitative estimate of drug-likeness (QED) is 0.685. The van der Waals surface area contributed by atoms with Gasteiger partial charge in [-0.25, -0.2) is 0 Å². The van der Waals surface area contributed by atoms with E-state index < -0.39 is 0 Å². The highest BCUT2D eigenvalue weighted by molar-refractivity contribution is 4.88. The van der Waals surface area contributed by atoms with Crippen LogP contribution in [0.4, 0.5) is 0 Å². The van der Waals surface area contributed by atoms with Gasteiger partial charge in [0.1, 0.15) is 0 Å². The largest absolute Gasteiger partial charge is 0.381 e. The van der Waals surface area contributed by atoms with E-state index in [9.17, 15) is 0 Å². The van der Waals surface area contributed by atoms with Gasteiger partial charge in [0, 0.05) is 18.6 Å². The van der Waals surface area contributed by atoms with Crippen LogP contribution in [0.3, 0.4) is 0 Å². The molecule has 15 heavy (non-hydrogen) atoms. The minimum absolute atomic E-state index is 0.405. The molecule has 0 aromatic rings. The SMILES string of the molecule is CCCNCC1(C(C)CC)CCCOC1. The van der Waals surface area contributed by atoms with Gasteiger partial charge >= 0.3 is 0 Å². The lowest BCUT2D eigenvalue weighted by Gasteiger charge is -2.42. The highest BCUT2D eigenvalue weighted by atomic mass is 16.5. The van der Waals surface area contributed by atoms with Crippen LogP contribution < -0.4 is 5.32 Å². The Morgan fingerprint density at radius 3 is 2.73 bits per heavy atom. The van der Waals surface area contributed by atoms with Gasteiger partial charge < -0.3 is 10.1 Å². The summed E-state index contributed by atoms with van der Waals surface area (Å²) >= 11 is 0. The van der Waals surface area contributed by atoms with Crippen LogP contribution in [-0.4, -0.2) is 26.3 Å². The minimum atomic E-state index is 0.405. The molecule has 0 saturated carbocycles. The van der Waals surface area contributed by atoms with Crippen molar-refractivity contribution in [2.24, 2.45) is 11.3 Å². The predicted octanol–water partition coefficient (Wildman–Crippen LogP) is 2.83. The van der Waals surface area contributed by atoms with Gasteiger partial charge in [-0.1, -0.05) is 27.2 Å². The molecule has 0 bridgehead atoms. The number of nitrogens with one attached hydrogen (secondary N) is 1. The summed E-state index contributed by atoms with van der Waals surface area (Å²) in [7, 11) is 0. The maximum Gasteiger partial charge on any atom is 0.0537 e. The molecule has 90 valence electrons. The van der Waals surface area contributed by atoms with E-state index in [2.05, 4.69) is 26.1 Å². The highest BCUT2D eigenvalue weighted by Gasteiger charge is 2.36. The van der Waals surface area contributed by atoms with E-state index in [-0.39, 0.29) is 0 Å². The van der Waals surface area contributed by atoms with Crippen molar-refractivity contribution >= 4 is 0 Å². The van der Waals surface area contributed by atoms with Crippen molar-refractivity contribution in [1.82, 2.24) is 5.32 Å². The number of rotatable bonds is 6. The second-order valence-electron chi connectivity index (χ2n) is 5.00. The topological polar surface area (TPSA) is 21.3 Å². The fourth-order valence-corrected chi connectivity index (χ4v) is 2.52. The molecule has 0 aliphatic carbocycles. The first-order chi connectivity index (χ1) is 7.25. The molecule has 1 heterocycles. The molecule has 1 aliphatic rings. The Morgan fingerprint density at radius 1 is 1.40 bits per heavy atom. The average Bonchev–Trinajstić information content (AvgIpc) is 2.29. The van der Waals surface area contributed by atoms with Crippen molar-refractivity contribution in [3.8, 4) is 0 Å². The molecule has 0 aromatic heterocycles. The van der Waals surface area contributed by atoms with Gasteiger partial charge in [0.05, 0.1) is 6.61 Å². The Kier molecular flexibility index (Phi) is 5.62. The Labute approximate surface area is 94.8 Å². The second-order valence-corrected chi connectivity index (χ2v) is 5.00. The lowest BCUT2D eigenvalue weighted by atomic mass is 9.71. The van der Waals surface area contributed by atoms with E-state index in [4.69, 9.17) is 4.74 Å². The van der Waals surface area contributed by atoms with E-state index in [1.54, 1.807) is 0 Å². The first kappa shape index (κ1) is 13.0. The van der Waals surface area contributed by atoms with Crippen LogP contribution >= 0.6 is 0 Å². The van der Waals surface area contributed by atoms with Crippen molar-refractivity contribution in [1.29, 1.82) is 0 Å². The molecule has 0 amide bonds. The van der Waals surface area contributed by atoms with Crippen LogP contribution in [0.5, 0.6) is 0 Å². The summed E-state index contributed by atoms with van der Waals surface area (Å²) in [6, 6.07) is 0. The maximum absolute atomic E-state index is 5.70. The summed E-state index contributed by atoms with van der Waals surface area (Å²) < 4.78 is 5.70.